The van der Waals surface area contributed by atoms with Crippen LogP contribution in [-0.4, -0.2) is 43.7 Å². The fourth-order valence-corrected chi connectivity index (χ4v) is 2.30. The van der Waals surface area contributed by atoms with Crippen molar-refractivity contribution in [1.29, 1.82) is 0 Å². The summed E-state index contributed by atoms with van der Waals surface area (Å²) in [7, 11) is 0. The van der Waals surface area contributed by atoms with Gasteiger partial charge in [-0.25, -0.2) is 4.39 Å². The molecule has 0 radical (unpaired) electrons. The van der Waals surface area contributed by atoms with Crippen LogP contribution in [0.1, 0.15) is 6.92 Å². The van der Waals surface area contributed by atoms with Crippen molar-refractivity contribution >= 4 is 11.6 Å². The van der Waals surface area contributed by atoms with Crippen molar-refractivity contribution in [3.8, 4) is 5.75 Å². The maximum atomic E-state index is 12.9. The summed E-state index contributed by atoms with van der Waals surface area (Å²) in [5, 5.41) is 3.67. The van der Waals surface area contributed by atoms with Crippen LogP contribution in [0.25, 0.3) is 0 Å². The highest BCUT2D eigenvalue weighted by atomic mass is 35.5. The minimum absolute atomic E-state index is 0.323. The van der Waals surface area contributed by atoms with Gasteiger partial charge in [0.25, 0.3) is 0 Å². The predicted molar refractivity (Wildman–Crippen MR) is 70.8 cm³/mol. The zero-order valence-electron chi connectivity index (χ0n) is 10.5. The number of nitrogens with zero attached hydrogens (tertiary/aromatic N) is 1. The molecule has 1 aromatic rings. The van der Waals surface area contributed by atoms with Gasteiger partial charge in [-0.3, -0.25) is 4.90 Å². The van der Waals surface area contributed by atoms with E-state index in [0.29, 0.717) is 23.4 Å². The summed E-state index contributed by atoms with van der Waals surface area (Å²) in [5.74, 6) is 0.198. The molecule has 0 aliphatic carbocycles. The number of benzene rings is 1. The summed E-state index contributed by atoms with van der Waals surface area (Å²) in [6.45, 7) is 6.67. The van der Waals surface area contributed by atoms with E-state index in [1.54, 1.807) is 6.07 Å². The molecular formula is C13H18ClFN2O. The maximum absolute atomic E-state index is 12.9. The van der Waals surface area contributed by atoms with Crippen molar-refractivity contribution in [3.63, 3.8) is 0 Å². The summed E-state index contributed by atoms with van der Waals surface area (Å²) >= 11 is 5.89. The van der Waals surface area contributed by atoms with E-state index in [1.807, 2.05) is 0 Å². The van der Waals surface area contributed by atoms with E-state index in [1.165, 1.54) is 12.1 Å². The molecule has 1 atom stereocenters. The second-order valence-corrected chi connectivity index (χ2v) is 4.92. The molecule has 1 fully saturated rings. The molecular weight excluding hydrogens is 255 g/mol. The lowest BCUT2D eigenvalue weighted by Gasteiger charge is -2.33. The normalized spacial score (nSPS) is 20.9. The highest BCUT2D eigenvalue weighted by Crippen LogP contribution is 2.24. The van der Waals surface area contributed by atoms with E-state index in [9.17, 15) is 4.39 Å². The first-order valence-corrected chi connectivity index (χ1v) is 6.57. The third kappa shape index (κ3) is 3.57. The number of halogens is 2. The van der Waals surface area contributed by atoms with Gasteiger partial charge in [0.15, 0.2) is 0 Å². The first-order chi connectivity index (χ1) is 8.66. The Bertz CT molecular complexity index is 403. The average molecular weight is 273 g/mol. The number of hydrogen-bond acceptors (Lipinski definition) is 3. The van der Waals surface area contributed by atoms with E-state index >= 15 is 0 Å². The Balaban J connectivity index is 1.81. The van der Waals surface area contributed by atoms with Crippen LogP contribution in [0.15, 0.2) is 18.2 Å². The van der Waals surface area contributed by atoms with E-state index in [0.717, 1.165) is 26.2 Å². The molecule has 0 amide bonds. The fraction of sp³-hybridized carbons (Fsp3) is 0.538. The van der Waals surface area contributed by atoms with Crippen LogP contribution < -0.4 is 10.1 Å². The number of nitrogens with one attached hydrogen (secondary N) is 1. The van der Waals surface area contributed by atoms with Gasteiger partial charge in [0.1, 0.15) is 18.2 Å². The largest absolute Gasteiger partial charge is 0.491 e. The van der Waals surface area contributed by atoms with Crippen LogP contribution in [0, 0.1) is 5.82 Å². The van der Waals surface area contributed by atoms with E-state index in [2.05, 4.69) is 17.1 Å². The smallest absolute Gasteiger partial charge is 0.138 e. The summed E-state index contributed by atoms with van der Waals surface area (Å²) in [4.78, 5) is 2.37. The fourth-order valence-electron chi connectivity index (χ4n) is 2.08. The lowest BCUT2D eigenvalue weighted by Crippen LogP contribution is -2.50. The van der Waals surface area contributed by atoms with Crippen molar-refractivity contribution in [2.24, 2.45) is 0 Å². The molecule has 3 nitrogen and oxygen atoms in total. The maximum Gasteiger partial charge on any atom is 0.138 e. The minimum Gasteiger partial charge on any atom is -0.491 e. The van der Waals surface area contributed by atoms with E-state index in [-0.39, 0.29) is 5.82 Å². The van der Waals surface area contributed by atoms with Gasteiger partial charge in [-0.1, -0.05) is 11.6 Å². The quantitative estimate of drug-likeness (QED) is 0.909. The Labute approximate surface area is 112 Å². The van der Waals surface area contributed by atoms with Gasteiger partial charge in [0, 0.05) is 32.2 Å². The van der Waals surface area contributed by atoms with Crippen molar-refractivity contribution in [3.05, 3.63) is 29.0 Å². The third-order valence-electron chi connectivity index (χ3n) is 3.17. The Morgan fingerprint density at radius 2 is 2.39 bits per heavy atom. The first-order valence-electron chi connectivity index (χ1n) is 6.19. The first kappa shape index (κ1) is 13.6. The lowest BCUT2D eigenvalue weighted by atomic mass is 10.2. The molecule has 0 unspecified atom stereocenters. The number of piperazine rings is 1. The van der Waals surface area contributed by atoms with Crippen LogP contribution in [0.3, 0.4) is 0 Å². The Morgan fingerprint density at radius 3 is 3.11 bits per heavy atom. The molecule has 0 bridgehead atoms. The number of hydrogen-bond donors (Lipinski definition) is 1. The summed E-state index contributed by atoms with van der Waals surface area (Å²) in [6.07, 6.45) is 0. The van der Waals surface area contributed by atoms with Gasteiger partial charge in [-0.15, -0.1) is 0 Å². The summed E-state index contributed by atoms with van der Waals surface area (Å²) in [6, 6.07) is 4.71. The van der Waals surface area contributed by atoms with E-state index in [4.69, 9.17) is 16.3 Å². The van der Waals surface area contributed by atoms with Gasteiger partial charge in [0.05, 0.1) is 5.02 Å². The SMILES string of the molecule is C[C@@H]1CNCCN1CCOc1ccc(F)cc1Cl. The summed E-state index contributed by atoms with van der Waals surface area (Å²) in [5.41, 5.74) is 0. The molecule has 0 aromatic heterocycles. The zero-order valence-corrected chi connectivity index (χ0v) is 11.2. The third-order valence-corrected chi connectivity index (χ3v) is 3.46. The molecule has 5 heteroatoms. The zero-order chi connectivity index (χ0) is 13.0. The van der Waals surface area contributed by atoms with Gasteiger partial charge in [-0.05, 0) is 25.1 Å². The number of ether oxygens (including phenoxy) is 1. The van der Waals surface area contributed by atoms with Crippen molar-refractivity contribution < 1.29 is 9.13 Å². The molecule has 100 valence electrons. The van der Waals surface area contributed by atoms with Crippen LogP contribution >= 0.6 is 11.6 Å². The topological polar surface area (TPSA) is 24.5 Å². The Hall–Kier alpha value is -0.840. The molecule has 1 aromatic carbocycles. The highest BCUT2D eigenvalue weighted by molar-refractivity contribution is 6.32. The van der Waals surface area contributed by atoms with Crippen LogP contribution in [0.5, 0.6) is 5.75 Å². The Kier molecular flexibility index (Phi) is 4.80. The molecule has 1 aliphatic rings. The van der Waals surface area contributed by atoms with Crippen LogP contribution in [-0.2, 0) is 0 Å². The molecule has 18 heavy (non-hydrogen) atoms. The molecule has 1 heterocycles. The second-order valence-electron chi connectivity index (χ2n) is 4.51. The Morgan fingerprint density at radius 1 is 1.56 bits per heavy atom. The van der Waals surface area contributed by atoms with Gasteiger partial charge < -0.3 is 10.1 Å². The summed E-state index contributed by atoms with van der Waals surface area (Å²) < 4.78 is 18.4. The van der Waals surface area contributed by atoms with Crippen LogP contribution in [0.2, 0.25) is 5.02 Å². The van der Waals surface area contributed by atoms with E-state index < -0.39 is 0 Å². The van der Waals surface area contributed by atoms with Gasteiger partial charge in [0.2, 0.25) is 0 Å². The standard InChI is InChI=1S/C13H18ClFN2O/c1-10-9-16-4-5-17(10)6-7-18-13-3-2-11(15)8-12(13)14/h2-3,8,10,16H,4-7,9H2,1H3/t10-/m1/s1. The molecule has 1 aliphatic heterocycles. The van der Waals surface area contributed by atoms with Gasteiger partial charge >= 0.3 is 0 Å². The van der Waals surface area contributed by atoms with Crippen molar-refractivity contribution in [1.82, 2.24) is 10.2 Å². The minimum atomic E-state index is -0.344. The molecule has 0 spiro atoms. The lowest BCUT2D eigenvalue weighted by molar-refractivity contribution is 0.143. The molecule has 1 N–H and O–H groups in total. The number of rotatable bonds is 4. The van der Waals surface area contributed by atoms with Crippen LogP contribution in [0.4, 0.5) is 4.39 Å². The van der Waals surface area contributed by atoms with Gasteiger partial charge in [-0.2, -0.15) is 0 Å². The predicted octanol–water partition coefficient (Wildman–Crippen LogP) is 2.15. The second kappa shape index (κ2) is 6.36. The van der Waals surface area contributed by atoms with Crippen molar-refractivity contribution in [2.45, 2.75) is 13.0 Å². The van der Waals surface area contributed by atoms with Crippen molar-refractivity contribution in [2.75, 3.05) is 32.8 Å². The monoisotopic (exact) mass is 272 g/mol. The molecule has 1 saturated heterocycles. The average Bonchev–Trinajstić information content (AvgIpc) is 2.34. The molecule has 0 saturated carbocycles. The highest BCUT2D eigenvalue weighted by Gasteiger charge is 2.17. The molecule has 2 rings (SSSR count).